The summed E-state index contributed by atoms with van der Waals surface area (Å²) in [5.41, 5.74) is 0. The molecule has 0 aromatic heterocycles. The van der Waals surface area contributed by atoms with Gasteiger partial charge >= 0.3 is 24.0 Å². The normalized spacial score (nSPS) is 13.7. The summed E-state index contributed by atoms with van der Waals surface area (Å²) < 4.78 is 93.2. The zero-order valence-corrected chi connectivity index (χ0v) is 18.6. The van der Waals surface area contributed by atoms with Crippen molar-refractivity contribution in [1.82, 2.24) is 5.32 Å². The van der Waals surface area contributed by atoms with E-state index in [2.05, 4.69) is 6.92 Å². The Morgan fingerprint density at radius 2 is 1.16 bits per heavy atom. The predicted molar refractivity (Wildman–Crippen MR) is 106 cm³/mol. The molecule has 0 unspecified atom stereocenters. The van der Waals surface area contributed by atoms with Crippen LogP contribution in [-0.4, -0.2) is 42.5 Å². The molecule has 0 radical (unpaired) electrons. The van der Waals surface area contributed by atoms with E-state index in [4.69, 9.17) is 4.74 Å². The van der Waals surface area contributed by atoms with Gasteiger partial charge in [0.15, 0.2) is 0 Å². The van der Waals surface area contributed by atoms with Crippen LogP contribution in [0.1, 0.15) is 90.9 Å². The highest BCUT2D eigenvalue weighted by molar-refractivity contribution is 5.89. The van der Waals surface area contributed by atoms with E-state index in [0.717, 1.165) is 44.3 Å². The number of halogens is 7. The second-order valence-corrected chi connectivity index (χ2v) is 7.90. The van der Waals surface area contributed by atoms with E-state index in [9.17, 15) is 40.3 Å². The number of esters is 1. The summed E-state index contributed by atoms with van der Waals surface area (Å²) in [5, 5.41) is 1.15. The van der Waals surface area contributed by atoms with Gasteiger partial charge in [0.05, 0.1) is 6.61 Å². The summed E-state index contributed by atoms with van der Waals surface area (Å²) in [6.07, 6.45) is 6.29. The third-order valence-electron chi connectivity index (χ3n) is 4.98. The number of carbonyl (C=O) groups excluding carboxylic acids is 2. The monoisotopic (exact) mass is 481 g/mol. The molecule has 0 aliphatic heterocycles. The van der Waals surface area contributed by atoms with Gasteiger partial charge < -0.3 is 10.1 Å². The Hall–Kier alpha value is -1.55. The SMILES string of the molecule is CCCCCCCCCCCCCCOC(=O)[C@H](C)NC(=O)C(F)(F)C(F)(F)C(F)(F)F. The lowest BCUT2D eigenvalue weighted by atomic mass is 10.1. The summed E-state index contributed by atoms with van der Waals surface area (Å²) in [7, 11) is 0. The second-order valence-electron chi connectivity index (χ2n) is 7.90. The summed E-state index contributed by atoms with van der Waals surface area (Å²) in [6.45, 7) is 2.95. The second kappa shape index (κ2) is 14.6. The molecule has 0 aliphatic carbocycles. The van der Waals surface area contributed by atoms with Crippen LogP contribution in [0.25, 0.3) is 0 Å². The Kier molecular flexibility index (Phi) is 13.9. The third kappa shape index (κ3) is 10.4. The summed E-state index contributed by atoms with van der Waals surface area (Å²) in [4.78, 5) is 22.9. The van der Waals surface area contributed by atoms with Gasteiger partial charge in [-0.15, -0.1) is 0 Å². The first-order valence-corrected chi connectivity index (χ1v) is 11.1. The van der Waals surface area contributed by atoms with Crippen molar-refractivity contribution in [2.24, 2.45) is 0 Å². The molecule has 0 heterocycles. The maximum Gasteiger partial charge on any atom is 0.460 e. The molecule has 11 heteroatoms. The Balaban J connectivity index is 4.01. The topological polar surface area (TPSA) is 55.4 Å². The molecule has 32 heavy (non-hydrogen) atoms. The molecule has 0 rings (SSSR count). The van der Waals surface area contributed by atoms with Crippen LogP contribution in [0.15, 0.2) is 0 Å². The summed E-state index contributed by atoms with van der Waals surface area (Å²) in [5.74, 6) is -16.8. The molecule has 0 aliphatic rings. The van der Waals surface area contributed by atoms with Gasteiger partial charge in [-0.1, -0.05) is 77.6 Å². The van der Waals surface area contributed by atoms with E-state index >= 15 is 0 Å². The van der Waals surface area contributed by atoms with Gasteiger partial charge in [0.1, 0.15) is 6.04 Å². The zero-order valence-electron chi connectivity index (χ0n) is 18.6. The molecular formula is C21H34F7NO3. The fourth-order valence-corrected chi connectivity index (χ4v) is 2.91. The zero-order chi connectivity index (χ0) is 24.8. The molecule has 190 valence electrons. The summed E-state index contributed by atoms with van der Waals surface area (Å²) >= 11 is 0. The van der Waals surface area contributed by atoms with Crippen molar-refractivity contribution in [3.63, 3.8) is 0 Å². The Morgan fingerprint density at radius 1 is 0.750 bits per heavy atom. The van der Waals surface area contributed by atoms with Crippen molar-refractivity contribution in [2.45, 2.75) is 115 Å². The maximum absolute atomic E-state index is 13.3. The van der Waals surface area contributed by atoms with Crippen LogP contribution in [0.5, 0.6) is 0 Å². The van der Waals surface area contributed by atoms with E-state index < -0.39 is 35.9 Å². The molecule has 1 N–H and O–H groups in total. The van der Waals surface area contributed by atoms with Gasteiger partial charge in [-0.3, -0.25) is 4.79 Å². The van der Waals surface area contributed by atoms with Gasteiger partial charge in [0.25, 0.3) is 5.91 Å². The molecule has 0 aromatic rings. The molecule has 0 saturated carbocycles. The molecule has 0 spiro atoms. The standard InChI is InChI=1S/C21H34F7NO3/c1-3-4-5-6-7-8-9-10-11-12-13-14-15-32-17(30)16(2)29-18(31)19(22,23)20(24,25)21(26,27)28/h16H,3-15H2,1-2H3,(H,29,31)/t16-/m0/s1. The number of hydrogen-bond acceptors (Lipinski definition) is 3. The van der Waals surface area contributed by atoms with Crippen LogP contribution in [0.4, 0.5) is 30.7 Å². The number of nitrogens with one attached hydrogen (secondary N) is 1. The van der Waals surface area contributed by atoms with Crippen molar-refractivity contribution in [1.29, 1.82) is 0 Å². The maximum atomic E-state index is 13.3. The van der Waals surface area contributed by atoms with Gasteiger partial charge in [0.2, 0.25) is 0 Å². The first-order valence-electron chi connectivity index (χ1n) is 11.1. The highest BCUT2D eigenvalue weighted by Crippen LogP contribution is 2.46. The average molecular weight is 481 g/mol. The number of unbranched alkanes of at least 4 members (excludes halogenated alkanes) is 11. The number of rotatable bonds is 17. The molecule has 1 amide bonds. The fraction of sp³-hybridized carbons (Fsp3) is 0.905. The number of ether oxygens (including phenoxy) is 1. The fourth-order valence-electron chi connectivity index (χ4n) is 2.91. The number of hydrogen-bond donors (Lipinski definition) is 1. The van der Waals surface area contributed by atoms with E-state index in [1.54, 1.807) is 0 Å². The van der Waals surface area contributed by atoms with Crippen molar-refractivity contribution >= 4 is 11.9 Å². The molecule has 4 nitrogen and oxygen atoms in total. The number of carbonyl (C=O) groups is 2. The molecule has 0 saturated heterocycles. The van der Waals surface area contributed by atoms with Crippen LogP contribution in [0, 0.1) is 0 Å². The van der Waals surface area contributed by atoms with Crippen molar-refractivity contribution in [2.75, 3.05) is 6.61 Å². The quantitative estimate of drug-likeness (QED) is 0.145. The molecular weight excluding hydrogens is 447 g/mol. The summed E-state index contributed by atoms with van der Waals surface area (Å²) in [6, 6.07) is -1.81. The van der Waals surface area contributed by atoms with Gasteiger partial charge in [0, 0.05) is 0 Å². The minimum Gasteiger partial charge on any atom is -0.464 e. The van der Waals surface area contributed by atoms with Gasteiger partial charge in [-0.05, 0) is 13.3 Å². The number of amides is 1. The predicted octanol–water partition coefficient (Wildman–Crippen LogP) is 6.57. The van der Waals surface area contributed by atoms with E-state index in [1.807, 2.05) is 0 Å². The first kappa shape index (κ1) is 30.4. The first-order chi connectivity index (χ1) is 14.8. The van der Waals surface area contributed by atoms with Gasteiger partial charge in [-0.25, -0.2) is 4.79 Å². The van der Waals surface area contributed by atoms with Crippen LogP contribution < -0.4 is 5.32 Å². The van der Waals surface area contributed by atoms with Crippen LogP contribution >= 0.6 is 0 Å². The van der Waals surface area contributed by atoms with E-state index in [1.165, 1.54) is 38.5 Å². The van der Waals surface area contributed by atoms with Crippen LogP contribution in [0.3, 0.4) is 0 Å². The minimum absolute atomic E-state index is 0.0778. The molecule has 0 bridgehead atoms. The largest absolute Gasteiger partial charge is 0.464 e. The lowest BCUT2D eigenvalue weighted by molar-refractivity contribution is -0.344. The smallest absolute Gasteiger partial charge is 0.460 e. The van der Waals surface area contributed by atoms with Crippen molar-refractivity contribution < 1.29 is 45.1 Å². The van der Waals surface area contributed by atoms with E-state index in [-0.39, 0.29) is 6.61 Å². The van der Waals surface area contributed by atoms with Crippen LogP contribution in [-0.2, 0) is 14.3 Å². The van der Waals surface area contributed by atoms with Crippen molar-refractivity contribution in [3.05, 3.63) is 0 Å². The van der Waals surface area contributed by atoms with Gasteiger partial charge in [-0.2, -0.15) is 30.7 Å². The minimum atomic E-state index is -6.63. The highest BCUT2D eigenvalue weighted by Gasteiger charge is 2.76. The average Bonchev–Trinajstić information content (AvgIpc) is 2.70. The number of alkyl halides is 7. The molecule has 0 aromatic carbocycles. The Labute approximate surface area is 184 Å². The van der Waals surface area contributed by atoms with E-state index in [0.29, 0.717) is 6.42 Å². The molecule has 1 atom stereocenters. The lowest BCUT2D eigenvalue weighted by Crippen LogP contribution is -2.61. The highest BCUT2D eigenvalue weighted by atomic mass is 19.4. The molecule has 0 fully saturated rings. The third-order valence-corrected chi connectivity index (χ3v) is 4.98. The Bertz CT molecular complexity index is 554. The Morgan fingerprint density at radius 3 is 1.56 bits per heavy atom. The van der Waals surface area contributed by atoms with Crippen molar-refractivity contribution in [3.8, 4) is 0 Å². The van der Waals surface area contributed by atoms with Crippen LogP contribution in [0.2, 0.25) is 0 Å². The lowest BCUT2D eigenvalue weighted by Gasteiger charge is -2.27.